The van der Waals surface area contributed by atoms with Crippen LogP contribution in [0.4, 0.5) is 0 Å². The molecule has 0 bridgehead atoms. The molecule has 1 aromatic rings. The summed E-state index contributed by atoms with van der Waals surface area (Å²) in [4.78, 5) is 23.0. The molecule has 1 aliphatic rings. The van der Waals surface area contributed by atoms with Gasteiger partial charge in [0.05, 0.1) is 24.6 Å². The summed E-state index contributed by atoms with van der Waals surface area (Å²) in [6.45, 7) is 0. The second kappa shape index (κ2) is 4.58. The molecule has 0 aliphatic carbocycles. The molecule has 0 saturated heterocycles. The summed E-state index contributed by atoms with van der Waals surface area (Å²) >= 11 is 0. The van der Waals surface area contributed by atoms with Gasteiger partial charge in [-0.2, -0.15) is 0 Å². The Balaban J connectivity index is 2.47. The number of nitro groups is 1. The number of fused-ring (bicyclic) bond motifs is 1. The van der Waals surface area contributed by atoms with Gasteiger partial charge in [0.1, 0.15) is 0 Å². The average Bonchev–Trinajstić information content (AvgIpc) is 2.64. The van der Waals surface area contributed by atoms with E-state index in [-0.39, 0.29) is 5.70 Å². The van der Waals surface area contributed by atoms with Crippen molar-refractivity contribution in [3.8, 4) is 0 Å². The van der Waals surface area contributed by atoms with E-state index < -0.39 is 17.0 Å². The van der Waals surface area contributed by atoms with Crippen LogP contribution in [0.3, 0.4) is 0 Å². The predicted molar refractivity (Wildman–Crippen MR) is 62.5 cm³/mol. The van der Waals surface area contributed by atoms with Gasteiger partial charge in [-0.1, -0.05) is 18.2 Å². The molecule has 1 heterocycles. The third kappa shape index (κ3) is 2.10. The first-order chi connectivity index (χ1) is 8.50. The van der Waals surface area contributed by atoms with Crippen LogP contribution in [0.15, 0.2) is 36.2 Å². The molecule has 1 aliphatic heterocycles. The SMILES string of the molecule is C[NH+](C)C=C([C@@H]1OC(=O)c2ccccc21)[N+](=O)[O-]. The number of benzene rings is 1. The molecule has 6 nitrogen and oxygen atoms in total. The Morgan fingerprint density at radius 2 is 2.11 bits per heavy atom. The van der Waals surface area contributed by atoms with Gasteiger partial charge in [0.15, 0.2) is 6.20 Å². The summed E-state index contributed by atoms with van der Waals surface area (Å²) in [6, 6.07) is 6.72. The van der Waals surface area contributed by atoms with Crippen molar-refractivity contribution in [1.82, 2.24) is 0 Å². The van der Waals surface area contributed by atoms with Crippen LogP contribution in [0, 0.1) is 10.1 Å². The molecule has 18 heavy (non-hydrogen) atoms. The van der Waals surface area contributed by atoms with E-state index in [1.807, 2.05) is 0 Å². The minimum absolute atomic E-state index is 0.117. The lowest BCUT2D eigenvalue weighted by molar-refractivity contribution is -0.805. The van der Waals surface area contributed by atoms with E-state index in [1.54, 1.807) is 38.4 Å². The van der Waals surface area contributed by atoms with Crippen LogP contribution in [0.5, 0.6) is 0 Å². The van der Waals surface area contributed by atoms with Crippen LogP contribution in [-0.2, 0) is 4.74 Å². The fourth-order valence-electron chi connectivity index (χ4n) is 1.89. The summed E-state index contributed by atoms with van der Waals surface area (Å²) in [5.74, 6) is -0.517. The topological polar surface area (TPSA) is 73.9 Å². The molecule has 0 unspecified atom stereocenters. The summed E-state index contributed by atoms with van der Waals surface area (Å²) in [6.07, 6.45) is 0.513. The van der Waals surface area contributed by atoms with Crippen LogP contribution < -0.4 is 4.90 Å². The second-order valence-electron chi connectivity index (χ2n) is 4.28. The standard InChI is InChI=1S/C12H12N2O4/c1-13(2)7-10(14(16)17)11-8-5-3-4-6-9(8)12(15)18-11/h3-7,11H,1-2H3/p+1/t11-/m1/s1. The van der Waals surface area contributed by atoms with Gasteiger partial charge in [0, 0.05) is 5.56 Å². The van der Waals surface area contributed by atoms with Crippen molar-refractivity contribution in [2.75, 3.05) is 14.1 Å². The number of cyclic esters (lactones) is 1. The first-order valence-corrected chi connectivity index (χ1v) is 5.46. The molecule has 0 amide bonds. The maximum Gasteiger partial charge on any atom is 0.343 e. The van der Waals surface area contributed by atoms with Crippen molar-refractivity contribution >= 4 is 5.97 Å². The number of carbonyl (C=O) groups excluding carboxylic acids is 1. The molecule has 2 rings (SSSR count). The zero-order chi connectivity index (χ0) is 13.3. The van der Waals surface area contributed by atoms with E-state index in [9.17, 15) is 14.9 Å². The maximum absolute atomic E-state index is 11.6. The van der Waals surface area contributed by atoms with E-state index >= 15 is 0 Å². The minimum atomic E-state index is -0.918. The van der Waals surface area contributed by atoms with Gasteiger partial charge in [-0.15, -0.1) is 0 Å². The van der Waals surface area contributed by atoms with Crippen molar-refractivity contribution in [2.24, 2.45) is 0 Å². The minimum Gasteiger partial charge on any atom is -0.442 e. The molecule has 1 aromatic carbocycles. The Labute approximate surface area is 104 Å². The van der Waals surface area contributed by atoms with Crippen LogP contribution in [0.2, 0.25) is 0 Å². The number of nitrogens with zero attached hydrogens (tertiary/aromatic N) is 1. The molecule has 0 saturated carbocycles. The molecular weight excluding hydrogens is 236 g/mol. The molecular formula is C12H13N2O4+. The lowest BCUT2D eigenvalue weighted by Crippen LogP contribution is -3.00. The highest BCUT2D eigenvalue weighted by atomic mass is 16.6. The molecule has 1 atom stereocenters. The lowest BCUT2D eigenvalue weighted by Gasteiger charge is -2.08. The van der Waals surface area contributed by atoms with Crippen molar-refractivity contribution < 1.29 is 19.4 Å². The average molecular weight is 249 g/mol. The quantitative estimate of drug-likeness (QED) is 0.470. The van der Waals surface area contributed by atoms with Gasteiger partial charge in [0.25, 0.3) is 0 Å². The normalized spacial score (nSPS) is 18.7. The van der Waals surface area contributed by atoms with Crippen molar-refractivity contribution in [1.29, 1.82) is 0 Å². The Kier molecular flexibility index (Phi) is 3.12. The molecule has 94 valence electrons. The second-order valence-corrected chi connectivity index (χ2v) is 4.28. The largest absolute Gasteiger partial charge is 0.442 e. The molecule has 0 aromatic heterocycles. The third-order valence-corrected chi connectivity index (χ3v) is 2.60. The van der Waals surface area contributed by atoms with E-state index in [0.717, 1.165) is 4.90 Å². The van der Waals surface area contributed by atoms with Gasteiger partial charge in [-0.05, 0) is 6.07 Å². The monoisotopic (exact) mass is 249 g/mol. The number of nitrogens with one attached hydrogen (secondary N) is 1. The number of carbonyl (C=O) groups is 1. The highest BCUT2D eigenvalue weighted by Gasteiger charge is 2.40. The van der Waals surface area contributed by atoms with Gasteiger partial charge >= 0.3 is 11.7 Å². The van der Waals surface area contributed by atoms with Crippen LogP contribution in [0.1, 0.15) is 22.0 Å². The molecule has 0 fully saturated rings. The number of rotatable bonds is 3. The smallest absolute Gasteiger partial charge is 0.343 e. The molecule has 1 N–H and O–H groups in total. The van der Waals surface area contributed by atoms with Crippen LogP contribution in [-0.4, -0.2) is 25.0 Å². The molecule has 0 spiro atoms. The third-order valence-electron chi connectivity index (χ3n) is 2.60. The Morgan fingerprint density at radius 1 is 1.44 bits per heavy atom. The Bertz CT molecular complexity index is 537. The number of hydrogen-bond donors (Lipinski definition) is 1. The van der Waals surface area contributed by atoms with E-state index in [1.165, 1.54) is 6.20 Å². The number of esters is 1. The van der Waals surface area contributed by atoms with E-state index in [2.05, 4.69) is 0 Å². The van der Waals surface area contributed by atoms with Gasteiger partial charge in [-0.25, -0.2) is 4.79 Å². The number of quaternary nitrogens is 1. The number of ether oxygens (including phenoxy) is 1. The molecule has 6 heteroatoms. The summed E-state index contributed by atoms with van der Waals surface area (Å²) in [7, 11) is 3.51. The number of hydrogen-bond acceptors (Lipinski definition) is 4. The first kappa shape index (κ1) is 12.3. The van der Waals surface area contributed by atoms with Gasteiger partial charge in [0.2, 0.25) is 6.10 Å². The van der Waals surface area contributed by atoms with E-state index in [0.29, 0.717) is 11.1 Å². The highest BCUT2D eigenvalue weighted by molar-refractivity contribution is 5.94. The van der Waals surface area contributed by atoms with Crippen LogP contribution in [0.25, 0.3) is 0 Å². The fraction of sp³-hybridized carbons (Fsp3) is 0.250. The lowest BCUT2D eigenvalue weighted by atomic mass is 10.0. The van der Waals surface area contributed by atoms with Gasteiger partial charge in [-0.3, -0.25) is 10.1 Å². The van der Waals surface area contributed by atoms with Crippen molar-refractivity contribution in [3.63, 3.8) is 0 Å². The van der Waals surface area contributed by atoms with Gasteiger partial charge < -0.3 is 9.64 Å². The highest BCUT2D eigenvalue weighted by Crippen LogP contribution is 2.35. The predicted octanol–water partition coefficient (Wildman–Crippen LogP) is 0.161. The Morgan fingerprint density at radius 3 is 2.72 bits per heavy atom. The van der Waals surface area contributed by atoms with Crippen molar-refractivity contribution in [2.45, 2.75) is 6.10 Å². The summed E-state index contributed by atoms with van der Waals surface area (Å²) in [5, 5.41) is 11.1. The van der Waals surface area contributed by atoms with Crippen molar-refractivity contribution in [3.05, 3.63) is 57.4 Å². The zero-order valence-corrected chi connectivity index (χ0v) is 10.0. The zero-order valence-electron chi connectivity index (χ0n) is 10.0. The molecule has 0 radical (unpaired) electrons. The summed E-state index contributed by atoms with van der Waals surface area (Å²) in [5.41, 5.74) is 0.823. The van der Waals surface area contributed by atoms with Crippen LogP contribution >= 0.6 is 0 Å². The summed E-state index contributed by atoms with van der Waals surface area (Å²) < 4.78 is 5.09. The Hall–Kier alpha value is -2.21. The van der Waals surface area contributed by atoms with E-state index in [4.69, 9.17) is 4.74 Å². The first-order valence-electron chi connectivity index (χ1n) is 5.46. The fourth-order valence-corrected chi connectivity index (χ4v) is 1.89. The maximum atomic E-state index is 11.6.